The first-order chi connectivity index (χ1) is 13.5. The Morgan fingerprint density at radius 2 is 1.82 bits per heavy atom. The highest BCUT2D eigenvalue weighted by Crippen LogP contribution is 2.15. The van der Waals surface area contributed by atoms with Crippen molar-refractivity contribution in [3.63, 3.8) is 0 Å². The molecule has 0 spiro atoms. The van der Waals surface area contributed by atoms with Crippen LogP contribution in [0.15, 0.2) is 67.3 Å². The molecule has 0 aliphatic carbocycles. The number of urea groups is 1. The number of rotatable bonds is 6. The number of nitrogens with one attached hydrogen (secondary N) is 3. The lowest BCUT2D eigenvalue weighted by Gasteiger charge is -2.15. The Morgan fingerprint density at radius 3 is 2.46 bits per heavy atom. The third-order valence-corrected chi connectivity index (χ3v) is 4.08. The Morgan fingerprint density at radius 1 is 1.11 bits per heavy atom. The maximum absolute atomic E-state index is 12.9. The summed E-state index contributed by atoms with van der Waals surface area (Å²) < 4.78 is 14.7. The Labute approximate surface area is 161 Å². The highest BCUT2D eigenvalue weighted by Gasteiger charge is 2.11. The van der Waals surface area contributed by atoms with Crippen molar-refractivity contribution in [1.29, 1.82) is 0 Å². The van der Waals surface area contributed by atoms with Gasteiger partial charge in [-0.2, -0.15) is 0 Å². The van der Waals surface area contributed by atoms with E-state index in [4.69, 9.17) is 0 Å². The molecular weight excluding hydrogens is 361 g/mol. The zero-order valence-corrected chi connectivity index (χ0v) is 15.2. The predicted molar refractivity (Wildman–Crippen MR) is 104 cm³/mol. The van der Waals surface area contributed by atoms with E-state index in [1.54, 1.807) is 12.5 Å². The molecule has 1 aromatic heterocycles. The van der Waals surface area contributed by atoms with Gasteiger partial charge in [0.25, 0.3) is 0 Å². The standard InChI is InChI=1S/C20H20FN5O2/c1-14(15-2-8-18(9-3-15)26-11-10-22-13-26)24-20(28)23-12-19(27)25-17-6-4-16(21)5-7-17/h2-11,13-14H,12H2,1H3,(H,25,27)(H2,23,24,28). The molecule has 0 aliphatic rings. The second-order valence-electron chi connectivity index (χ2n) is 6.17. The van der Waals surface area contributed by atoms with E-state index in [1.807, 2.05) is 42.0 Å². The Kier molecular flexibility index (Phi) is 6.01. The van der Waals surface area contributed by atoms with Gasteiger partial charge in [0, 0.05) is 23.8 Å². The number of hydrogen-bond donors (Lipinski definition) is 3. The van der Waals surface area contributed by atoms with E-state index in [-0.39, 0.29) is 18.4 Å². The van der Waals surface area contributed by atoms with Gasteiger partial charge < -0.3 is 20.5 Å². The average Bonchev–Trinajstić information content (AvgIpc) is 3.23. The average molecular weight is 381 g/mol. The van der Waals surface area contributed by atoms with E-state index >= 15 is 0 Å². The molecule has 1 heterocycles. The number of aromatic nitrogens is 2. The minimum absolute atomic E-state index is 0.199. The molecule has 3 amide bonds. The molecule has 1 unspecified atom stereocenters. The van der Waals surface area contributed by atoms with Gasteiger partial charge in [0.15, 0.2) is 0 Å². The summed E-state index contributed by atoms with van der Waals surface area (Å²) >= 11 is 0. The number of benzene rings is 2. The molecule has 3 N–H and O–H groups in total. The maximum atomic E-state index is 12.9. The SMILES string of the molecule is CC(NC(=O)NCC(=O)Nc1ccc(F)cc1)c1ccc(-n2ccnc2)cc1. The lowest BCUT2D eigenvalue weighted by Crippen LogP contribution is -2.41. The van der Waals surface area contributed by atoms with Gasteiger partial charge in [-0.1, -0.05) is 12.1 Å². The lowest BCUT2D eigenvalue weighted by atomic mass is 10.1. The first-order valence-electron chi connectivity index (χ1n) is 8.69. The Bertz CT molecular complexity index is 924. The van der Waals surface area contributed by atoms with Gasteiger partial charge in [-0.15, -0.1) is 0 Å². The molecule has 3 aromatic rings. The number of amides is 3. The summed E-state index contributed by atoms with van der Waals surface area (Å²) in [5, 5.41) is 7.85. The molecule has 8 heteroatoms. The zero-order valence-electron chi connectivity index (χ0n) is 15.2. The topological polar surface area (TPSA) is 88.0 Å². The van der Waals surface area contributed by atoms with Crippen LogP contribution in [0.2, 0.25) is 0 Å². The highest BCUT2D eigenvalue weighted by atomic mass is 19.1. The molecule has 0 bridgehead atoms. The quantitative estimate of drug-likeness (QED) is 0.613. The van der Waals surface area contributed by atoms with Gasteiger partial charge >= 0.3 is 6.03 Å². The molecule has 0 fully saturated rings. The summed E-state index contributed by atoms with van der Waals surface area (Å²) in [7, 11) is 0. The van der Waals surface area contributed by atoms with Crippen LogP contribution in [0.4, 0.5) is 14.9 Å². The fourth-order valence-corrected chi connectivity index (χ4v) is 2.58. The Hall–Kier alpha value is -3.68. The van der Waals surface area contributed by atoms with Gasteiger partial charge in [0.1, 0.15) is 5.82 Å². The lowest BCUT2D eigenvalue weighted by molar-refractivity contribution is -0.115. The van der Waals surface area contributed by atoms with Crippen LogP contribution in [0.1, 0.15) is 18.5 Å². The van der Waals surface area contributed by atoms with Crippen LogP contribution in [0.25, 0.3) is 5.69 Å². The van der Waals surface area contributed by atoms with Crippen molar-refractivity contribution in [3.05, 3.63) is 78.6 Å². The van der Waals surface area contributed by atoms with Crippen LogP contribution in [-0.4, -0.2) is 28.0 Å². The number of carbonyl (C=O) groups excluding carboxylic acids is 2. The van der Waals surface area contributed by atoms with Crippen molar-refractivity contribution in [1.82, 2.24) is 20.2 Å². The third kappa shape index (κ3) is 5.16. The normalized spacial score (nSPS) is 11.5. The van der Waals surface area contributed by atoms with Crippen molar-refractivity contribution in [3.8, 4) is 5.69 Å². The van der Waals surface area contributed by atoms with Crippen LogP contribution >= 0.6 is 0 Å². The van der Waals surface area contributed by atoms with E-state index in [0.29, 0.717) is 5.69 Å². The number of anilines is 1. The fraction of sp³-hybridized carbons (Fsp3) is 0.150. The summed E-state index contributed by atoms with van der Waals surface area (Å²) in [6, 6.07) is 12.4. The Balaban J connectivity index is 1.46. The van der Waals surface area contributed by atoms with E-state index in [1.165, 1.54) is 24.3 Å². The van der Waals surface area contributed by atoms with Gasteiger partial charge in [0.2, 0.25) is 5.91 Å². The molecule has 7 nitrogen and oxygen atoms in total. The largest absolute Gasteiger partial charge is 0.332 e. The second-order valence-corrected chi connectivity index (χ2v) is 6.17. The van der Waals surface area contributed by atoms with Crippen LogP contribution in [-0.2, 0) is 4.79 Å². The maximum Gasteiger partial charge on any atom is 0.315 e. The predicted octanol–water partition coefficient (Wildman–Crippen LogP) is 3.01. The molecule has 0 saturated heterocycles. The van der Waals surface area contributed by atoms with Gasteiger partial charge in [0.05, 0.1) is 18.9 Å². The highest BCUT2D eigenvalue weighted by molar-refractivity contribution is 5.94. The first-order valence-corrected chi connectivity index (χ1v) is 8.69. The van der Waals surface area contributed by atoms with Gasteiger partial charge in [-0.05, 0) is 48.9 Å². The number of halogens is 1. The zero-order chi connectivity index (χ0) is 19.9. The van der Waals surface area contributed by atoms with Crippen molar-refractivity contribution in [2.24, 2.45) is 0 Å². The van der Waals surface area contributed by atoms with Crippen LogP contribution < -0.4 is 16.0 Å². The molecule has 1 atom stereocenters. The molecule has 0 radical (unpaired) electrons. The number of carbonyl (C=O) groups is 2. The molecule has 3 rings (SSSR count). The molecule has 144 valence electrons. The number of nitrogens with zero attached hydrogens (tertiary/aromatic N) is 2. The molecule has 0 aliphatic heterocycles. The summed E-state index contributed by atoms with van der Waals surface area (Å²) in [4.78, 5) is 27.9. The second kappa shape index (κ2) is 8.81. The fourth-order valence-electron chi connectivity index (χ4n) is 2.58. The smallest absolute Gasteiger partial charge is 0.315 e. The van der Waals surface area contributed by atoms with E-state index in [2.05, 4.69) is 20.9 Å². The minimum Gasteiger partial charge on any atom is -0.332 e. The third-order valence-electron chi connectivity index (χ3n) is 4.08. The van der Waals surface area contributed by atoms with Crippen molar-refractivity contribution in [2.75, 3.05) is 11.9 Å². The molecule has 28 heavy (non-hydrogen) atoms. The number of hydrogen-bond acceptors (Lipinski definition) is 3. The van der Waals surface area contributed by atoms with Crippen molar-refractivity contribution < 1.29 is 14.0 Å². The first kappa shape index (κ1) is 19.1. The van der Waals surface area contributed by atoms with Gasteiger partial charge in [-0.3, -0.25) is 4.79 Å². The van der Waals surface area contributed by atoms with Crippen LogP contribution in [0.3, 0.4) is 0 Å². The van der Waals surface area contributed by atoms with Crippen LogP contribution in [0, 0.1) is 5.82 Å². The van der Waals surface area contributed by atoms with Crippen molar-refractivity contribution >= 4 is 17.6 Å². The van der Waals surface area contributed by atoms with Crippen molar-refractivity contribution in [2.45, 2.75) is 13.0 Å². The summed E-state index contributed by atoms with van der Waals surface area (Å²) in [6.45, 7) is 1.65. The molecular formula is C20H20FN5O2. The molecule has 0 saturated carbocycles. The monoisotopic (exact) mass is 381 g/mol. The van der Waals surface area contributed by atoms with E-state index < -0.39 is 11.9 Å². The summed E-state index contributed by atoms with van der Waals surface area (Å²) in [5.74, 6) is -0.790. The van der Waals surface area contributed by atoms with Gasteiger partial charge in [-0.25, -0.2) is 14.2 Å². The number of imidazole rings is 1. The summed E-state index contributed by atoms with van der Waals surface area (Å²) in [5.41, 5.74) is 2.35. The molecule has 2 aromatic carbocycles. The minimum atomic E-state index is -0.458. The summed E-state index contributed by atoms with van der Waals surface area (Å²) in [6.07, 6.45) is 5.26. The van der Waals surface area contributed by atoms with E-state index in [0.717, 1.165) is 11.3 Å². The van der Waals surface area contributed by atoms with Crippen LogP contribution in [0.5, 0.6) is 0 Å². The van der Waals surface area contributed by atoms with E-state index in [9.17, 15) is 14.0 Å².